The number of hydrogen-bond acceptors (Lipinski definition) is 5. The molecular formula is C44H30N2S3. The van der Waals surface area contributed by atoms with Gasteiger partial charge in [0.25, 0.3) is 0 Å². The van der Waals surface area contributed by atoms with Gasteiger partial charge in [-0.25, -0.2) is 0 Å². The van der Waals surface area contributed by atoms with Crippen LogP contribution in [0.1, 0.15) is 0 Å². The molecule has 3 heterocycles. The number of anilines is 6. The molecule has 9 aromatic rings. The molecule has 0 atom stereocenters. The first kappa shape index (κ1) is 29.7. The molecule has 0 saturated heterocycles. The lowest BCUT2D eigenvalue weighted by Crippen LogP contribution is -2.07. The zero-order chi connectivity index (χ0) is 32.6. The summed E-state index contributed by atoms with van der Waals surface area (Å²) in [5.74, 6) is 0. The first-order valence-electron chi connectivity index (χ1n) is 16.3. The third kappa shape index (κ3) is 5.83. The van der Waals surface area contributed by atoms with Gasteiger partial charge in [-0.1, -0.05) is 97.1 Å². The number of nitrogens with zero attached hydrogens (tertiary/aromatic N) is 2. The van der Waals surface area contributed by atoms with Crippen LogP contribution in [0.2, 0.25) is 0 Å². The molecule has 0 saturated carbocycles. The summed E-state index contributed by atoms with van der Waals surface area (Å²) < 4.78 is 0. The Labute approximate surface area is 298 Å². The predicted octanol–water partition coefficient (Wildman–Crippen LogP) is 14.5. The van der Waals surface area contributed by atoms with E-state index >= 15 is 0 Å². The minimum atomic E-state index is 1.15. The Bertz CT molecular complexity index is 2350. The summed E-state index contributed by atoms with van der Waals surface area (Å²) in [4.78, 5) is 9.83. The van der Waals surface area contributed by atoms with Crippen molar-refractivity contribution in [3.8, 4) is 19.5 Å². The van der Waals surface area contributed by atoms with Gasteiger partial charge in [-0.15, -0.1) is 34.0 Å². The number of thiophene rings is 3. The Balaban J connectivity index is 1.04. The van der Waals surface area contributed by atoms with Crippen LogP contribution in [-0.4, -0.2) is 0 Å². The molecule has 6 aromatic carbocycles. The highest BCUT2D eigenvalue weighted by Gasteiger charge is 2.19. The van der Waals surface area contributed by atoms with E-state index in [1.807, 2.05) is 34.0 Å². The van der Waals surface area contributed by atoms with E-state index in [2.05, 4.69) is 192 Å². The third-order valence-electron chi connectivity index (χ3n) is 8.73. The normalized spacial score (nSPS) is 11.3. The number of rotatable bonds is 8. The first-order valence-corrected chi connectivity index (χ1v) is 18.7. The van der Waals surface area contributed by atoms with Crippen LogP contribution in [-0.2, 0) is 0 Å². The molecule has 0 N–H and O–H groups in total. The number of para-hydroxylation sites is 2. The van der Waals surface area contributed by atoms with Gasteiger partial charge in [0.2, 0.25) is 0 Å². The van der Waals surface area contributed by atoms with Crippen LogP contribution in [0.5, 0.6) is 0 Å². The fraction of sp³-hybridized carbons (Fsp3) is 0. The molecule has 9 rings (SSSR count). The zero-order valence-electron chi connectivity index (χ0n) is 26.4. The monoisotopic (exact) mass is 682 g/mol. The molecule has 2 nitrogen and oxygen atoms in total. The highest BCUT2D eigenvalue weighted by molar-refractivity contribution is 7.28. The Morgan fingerprint density at radius 1 is 0.265 bits per heavy atom. The van der Waals surface area contributed by atoms with Crippen molar-refractivity contribution in [1.82, 2.24) is 0 Å². The summed E-state index contributed by atoms with van der Waals surface area (Å²) >= 11 is 5.53. The molecule has 49 heavy (non-hydrogen) atoms. The molecule has 0 spiro atoms. The van der Waals surface area contributed by atoms with Crippen molar-refractivity contribution < 1.29 is 0 Å². The van der Waals surface area contributed by atoms with Gasteiger partial charge in [-0.05, 0) is 106 Å². The van der Waals surface area contributed by atoms with Crippen LogP contribution in [0.3, 0.4) is 0 Å². The van der Waals surface area contributed by atoms with Gasteiger partial charge in [-0.3, -0.25) is 0 Å². The molecule has 5 heteroatoms. The summed E-state index contributed by atoms with van der Waals surface area (Å²) in [5, 5.41) is 7.36. The van der Waals surface area contributed by atoms with Crippen LogP contribution in [0.15, 0.2) is 182 Å². The highest BCUT2D eigenvalue weighted by Crippen LogP contribution is 2.47. The van der Waals surface area contributed by atoms with E-state index in [-0.39, 0.29) is 0 Å². The largest absolute Gasteiger partial charge is 0.302 e. The van der Waals surface area contributed by atoms with Crippen molar-refractivity contribution in [2.24, 2.45) is 0 Å². The Morgan fingerprint density at radius 3 is 1.08 bits per heavy atom. The van der Waals surface area contributed by atoms with E-state index in [1.165, 1.54) is 51.1 Å². The van der Waals surface area contributed by atoms with E-state index in [4.69, 9.17) is 0 Å². The molecule has 0 unspecified atom stereocenters. The van der Waals surface area contributed by atoms with Crippen molar-refractivity contribution in [3.05, 3.63) is 182 Å². The molecule has 234 valence electrons. The Morgan fingerprint density at radius 2 is 0.633 bits per heavy atom. The van der Waals surface area contributed by atoms with Crippen LogP contribution >= 0.6 is 34.0 Å². The average Bonchev–Trinajstić information content (AvgIpc) is 3.95. The maximum Gasteiger partial charge on any atom is 0.101 e. The van der Waals surface area contributed by atoms with E-state index in [0.717, 1.165) is 22.7 Å². The molecule has 0 amide bonds. The lowest BCUT2D eigenvalue weighted by molar-refractivity contribution is 1.32. The van der Waals surface area contributed by atoms with Gasteiger partial charge < -0.3 is 9.80 Å². The summed E-state index contributed by atoms with van der Waals surface area (Å²) in [6.07, 6.45) is 0. The molecular weight excluding hydrogens is 653 g/mol. The lowest BCUT2D eigenvalue weighted by Gasteiger charge is -2.24. The van der Waals surface area contributed by atoms with Gasteiger partial charge in [0.05, 0.1) is 0 Å². The van der Waals surface area contributed by atoms with Crippen molar-refractivity contribution in [3.63, 3.8) is 0 Å². The highest BCUT2D eigenvalue weighted by atomic mass is 32.1. The minimum absolute atomic E-state index is 1.15. The topological polar surface area (TPSA) is 6.48 Å². The second-order valence-corrected chi connectivity index (χ2v) is 15.1. The van der Waals surface area contributed by atoms with E-state index in [0.29, 0.717) is 0 Å². The van der Waals surface area contributed by atoms with Gasteiger partial charge in [-0.2, -0.15) is 0 Å². The smallest absolute Gasteiger partial charge is 0.101 e. The fourth-order valence-electron chi connectivity index (χ4n) is 6.36. The molecule has 0 aliphatic rings. The second kappa shape index (κ2) is 12.9. The van der Waals surface area contributed by atoms with Crippen LogP contribution in [0.4, 0.5) is 32.8 Å². The molecule has 0 aliphatic carbocycles. The summed E-state index contributed by atoms with van der Waals surface area (Å²) in [6, 6.07) is 65.5. The Kier molecular flexibility index (Phi) is 7.79. The quantitative estimate of drug-likeness (QED) is 0.157. The number of hydrogen-bond donors (Lipinski definition) is 0. The summed E-state index contributed by atoms with van der Waals surface area (Å²) in [6.45, 7) is 0. The van der Waals surface area contributed by atoms with Crippen molar-refractivity contribution in [2.75, 3.05) is 9.80 Å². The maximum absolute atomic E-state index is 2.37. The predicted molar refractivity (Wildman–Crippen MR) is 215 cm³/mol. The standard InChI is InChI=1S/C44H30N2S3/c1-3-15-35(16-4-1)45(37-21-19-31-11-7-9-13-33(31)29-37)43-27-25-41(48-43)39-23-24-40(47-39)42-26-28-44(49-42)46(36-17-5-2-6-18-36)38-22-20-32-12-8-10-14-34(32)30-38/h1-30H. The number of fused-ring (bicyclic) bond motifs is 2. The summed E-state index contributed by atoms with van der Waals surface area (Å²) in [7, 11) is 0. The first-order chi connectivity index (χ1) is 24.3. The van der Waals surface area contributed by atoms with Crippen LogP contribution in [0.25, 0.3) is 41.1 Å². The number of benzene rings is 6. The Hall–Kier alpha value is -5.46. The third-order valence-corrected chi connectivity index (χ3v) is 12.3. The van der Waals surface area contributed by atoms with Gasteiger partial charge in [0.15, 0.2) is 0 Å². The SMILES string of the molecule is c1ccc(N(c2ccc3ccccc3c2)c2ccc(-c3ccc(-c4ccc(N(c5ccccc5)c5ccc6ccccc6c5)s4)s3)s2)cc1. The van der Waals surface area contributed by atoms with Crippen LogP contribution in [0, 0.1) is 0 Å². The molecule has 0 aliphatic heterocycles. The molecule has 0 bridgehead atoms. The van der Waals surface area contributed by atoms with E-state index in [1.54, 1.807) is 0 Å². The maximum atomic E-state index is 2.37. The average molecular weight is 683 g/mol. The molecule has 0 fully saturated rings. The van der Waals surface area contributed by atoms with Gasteiger partial charge >= 0.3 is 0 Å². The minimum Gasteiger partial charge on any atom is -0.302 e. The molecule has 0 radical (unpaired) electrons. The van der Waals surface area contributed by atoms with Gasteiger partial charge in [0, 0.05) is 42.3 Å². The lowest BCUT2D eigenvalue weighted by atomic mass is 10.1. The fourth-order valence-corrected chi connectivity index (χ4v) is 9.64. The molecule has 3 aromatic heterocycles. The van der Waals surface area contributed by atoms with Crippen LogP contribution < -0.4 is 9.80 Å². The second-order valence-electron chi connectivity index (χ2n) is 11.8. The van der Waals surface area contributed by atoms with Crippen molar-refractivity contribution >= 4 is 88.3 Å². The zero-order valence-corrected chi connectivity index (χ0v) is 28.9. The van der Waals surface area contributed by atoms with E-state index in [9.17, 15) is 0 Å². The van der Waals surface area contributed by atoms with Gasteiger partial charge in [0.1, 0.15) is 10.0 Å². The summed E-state index contributed by atoms with van der Waals surface area (Å²) in [5.41, 5.74) is 4.62. The van der Waals surface area contributed by atoms with E-state index < -0.39 is 0 Å². The van der Waals surface area contributed by atoms with Crippen molar-refractivity contribution in [1.29, 1.82) is 0 Å². The van der Waals surface area contributed by atoms with Crippen molar-refractivity contribution in [2.45, 2.75) is 0 Å².